The van der Waals surface area contributed by atoms with Gasteiger partial charge in [0.15, 0.2) is 5.75 Å². The van der Waals surface area contributed by atoms with Crippen molar-refractivity contribution in [2.45, 2.75) is 30.3 Å². The maximum Gasteiger partial charge on any atom is 0.312 e. The summed E-state index contributed by atoms with van der Waals surface area (Å²) in [6.07, 6.45) is 1.74. The molecule has 34 heavy (non-hydrogen) atoms. The van der Waals surface area contributed by atoms with Crippen LogP contribution in [-0.4, -0.2) is 67.8 Å². The standard InChI is InChI=1S/C23H27N3O7S/c27-23(24-11-5-2-6-12-24)22(18-7-3-1-4-8-18)33-21-10-9-19(17-20(21)26(28)29)34(30,31)25-13-15-32-16-14-25/h1,3-4,7-10,17,22H,2,5-6,11-16H2/t22-/m1/s1. The number of hydrogen-bond donors (Lipinski definition) is 0. The molecule has 0 bridgehead atoms. The zero-order valence-electron chi connectivity index (χ0n) is 18.7. The van der Waals surface area contributed by atoms with Crippen LogP contribution in [0.3, 0.4) is 0 Å². The van der Waals surface area contributed by atoms with E-state index < -0.39 is 26.7 Å². The Morgan fingerprint density at radius 1 is 1.00 bits per heavy atom. The number of nitrogens with zero attached hydrogens (tertiary/aromatic N) is 3. The first-order chi connectivity index (χ1) is 16.4. The fraction of sp³-hybridized carbons (Fsp3) is 0.435. The molecule has 0 saturated carbocycles. The Hall–Kier alpha value is -3.02. The molecule has 182 valence electrons. The van der Waals surface area contributed by atoms with Crippen LogP contribution < -0.4 is 4.74 Å². The zero-order valence-corrected chi connectivity index (χ0v) is 19.5. The van der Waals surface area contributed by atoms with Gasteiger partial charge in [0.25, 0.3) is 5.91 Å². The molecule has 2 aliphatic rings. The average molecular weight is 490 g/mol. The van der Waals surface area contributed by atoms with Crippen molar-refractivity contribution in [1.29, 1.82) is 0 Å². The van der Waals surface area contributed by atoms with Gasteiger partial charge in [0.2, 0.25) is 16.1 Å². The van der Waals surface area contributed by atoms with Gasteiger partial charge in [-0.25, -0.2) is 8.42 Å². The third-order valence-corrected chi connectivity index (χ3v) is 7.87. The number of amides is 1. The molecule has 2 aromatic carbocycles. The topological polar surface area (TPSA) is 119 Å². The first kappa shape index (κ1) is 24.1. The third kappa shape index (κ3) is 5.21. The van der Waals surface area contributed by atoms with Crippen molar-refractivity contribution in [2.75, 3.05) is 39.4 Å². The van der Waals surface area contributed by atoms with Crippen LogP contribution in [0.1, 0.15) is 30.9 Å². The number of morpholine rings is 1. The number of nitro groups is 1. The predicted molar refractivity (Wildman–Crippen MR) is 123 cm³/mol. The van der Waals surface area contributed by atoms with Gasteiger partial charge in [-0.3, -0.25) is 14.9 Å². The van der Waals surface area contributed by atoms with Crippen molar-refractivity contribution in [2.24, 2.45) is 0 Å². The molecule has 0 spiro atoms. The van der Waals surface area contributed by atoms with Crippen molar-refractivity contribution in [1.82, 2.24) is 9.21 Å². The molecule has 10 nitrogen and oxygen atoms in total. The number of rotatable bonds is 7. The maximum atomic E-state index is 13.3. The summed E-state index contributed by atoms with van der Waals surface area (Å²) in [5, 5.41) is 11.9. The number of nitro benzene ring substituents is 1. The molecule has 0 aliphatic carbocycles. The first-order valence-electron chi connectivity index (χ1n) is 11.2. The number of piperidine rings is 1. The second-order valence-electron chi connectivity index (χ2n) is 8.20. The number of benzene rings is 2. The van der Waals surface area contributed by atoms with Gasteiger partial charge in [0, 0.05) is 37.8 Å². The second kappa shape index (κ2) is 10.5. The molecule has 11 heteroatoms. The Morgan fingerprint density at radius 2 is 1.68 bits per heavy atom. The van der Waals surface area contributed by atoms with E-state index in [0.717, 1.165) is 25.3 Å². The highest BCUT2D eigenvalue weighted by Gasteiger charge is 2.33. The predicted octanol–water partition coefficient (Wildman–Crippen LogP) is 2.75. The van der Waals surface area contributed by atoms with Crippen molar-refractivity contribution >= 4 is 21.6 Å². The summed E-state index contributed by atoms with van der Waals surface area (Å²) in [4.78, 5) is 26.0. The molecule has 0 unspecified atom stereocenters. The number of carbonyl (C=O) groups excluding carboxylic acids is 1. The molecule has 0 N–H and O–H groups in total. The molecule has 4 rings (SSSR count). The summed E-state index contributed by atoms with van der Waals surface area (Å²) in [5.41, 5.74) is 0.0547. The van der Waals surface area contributed by atoms with Crippen LogP contribution in [-0.2, 0) is 19.6 Å². The van der Waals surface area contributed by atoms with Gasteiger partial charge in [-0.15, -0.1) is 0 Å². The van der Waals surface area contributed by atoms with Gasteiger partial charge in [-0.1, -0.05) is 30.3 Å². The quantitative estimate of drug-likeness (QED) is 0.433. The van der Waals surface area contributed by atoms with Gasteiger partial charge in [0.05, 0.1) is 23.0 Å². The lowest BCUT2D eigenvalue weighted by molar-refractivity contribution is -0.386. The summed E-state index contributed by atoms with van der Waals surface area (Å²) in [5.74, 6) is -0.435. The summed E-state index contributed by atoms with van der Waals surface area (Å²) in [6.45, 7) is 2.08. The van der Waals surface area contributed by atoms with Gasteiger partial charge < -0.3 is 14.4 Å². The number of likely N-dealkylation sites (tertiary alicyclic amines) is 1. The van der Waals surface area contributed by atoms with E-state index in [2.05, 4.69) is 0 Å². The van der Waals surface area contributed by atoms with E-state index in [4.69, 9.17) is 9.47 Å². The molecule has 2 fully saturated rings. The average Bonchev–Trinajstić information content (AvgIpc) is 2.88. The van der Waals surface area contributed by atoms with Gasteiger partial charge in [0.1, 0.15) is 0 Å². The molecule has 0 aromatic heterocycles. The highest BCUT2D eigenvalue weighted by molar-refractivity contribution is 7.89. The van der Waals surface area contributed by atoms with Gasteiger partial charge in [-0.05, 0) is 31.4 Å². The highest BCUT2D eigenvalue weighted by atomic mass is 32.2. The SMILES string of the molecule is O=C([C@H](Oc1ccc(S(=O)(=O)N2CCOCC2)cc1[N+](=O)[O-])c1ccccc1)N1CCCCC1. The van der Waals surface area contributed by atoms with Crippen LogP contribution in [0.15, 0.2) is 53.4 Å². The molecule has 0 radical (unpaired) electrons. The Labute approximate surface area is 198 Å². The van der Waals surface area contributed by atoms with E-state index in [-0.39, 0.29) is 42.9 Å². The normalized spacial score (nSPS) is 18.3. The van der Waals surface area contributed by atoms with Crippen LogP contribution >= 0.6 is 0 Å². The fourth-order valence-electron chi connectivity index (χ4n) is 4.13. The lowest BCUT2D eigenvalue weighted by Gasteiger charge is -2.30. The van der Waals surface area contributed by atoms with Crippen LogP contribution in [0.5, 0.6) is 5.75 Å². The maximum absolute atomic E-state index is 13.3. The molecule has 2 aromatic rings. The lowest BCUT2D eigenvalue weighted by Crippen LogP contribution is -2.40. The monoisotopic (exact) mass is 489 g/mol. The van der Waals surface area contributed by atoms with E-state index in [1.807, 2.05) is 0 Å². The van der Waals surface area contributed by atoms with Crippen LogP contribution in [0.2, 0.25) is 0 Å². The lowest BCUT2D eigenvalue weighted by atomic mass is 10.1. The van der Waals surface area contributed by atoms with E-state index in [1.165, 1.54) is 16.4 Å². The minimum Gasteiger partial charge on any atom is -0.469 e. The van der Waals surface area contributed by atoms with Gasteiger partial charge >= 0.3 is 5.69 Å². The minimum absolute atomic E-state index is 0.162. The number of sulfonamides is 1. The smallest absolute Gasteiger partial charge is 0.312 e. The van der Waals surface area contributed by atoms with Crippen molar-refractivity contribution < 1.29 is 27.6 Å². The van der Waals surface area contributed by atoms with E-state index in [9.17, 15) is 23.3 Å². The van der Waals surface area contributed by atoms with Gasteiger partial charge in [-0.2, -0.15) is 4.31 Å². The van der Waals surface area contributed by atoms with E-state index in [1.54, 1.807) is 35.2 Å². The number of ether oxygens (including phenoxy) is 2. The summed E-state index contributed by atoms with van der Waals surface area (Å²) in [6, 6.07) is 12.3. The molecular formula is C23H27N3O7S. The van der Waals surface area contributed by atoms with Crippen molar-refractivity contribution in [3.05, 3.63) is 64.2 Å². The molecular weight excluding hydrogens is 462 g/mol. The second-order valence-corrected chi connectivity index (χ2v) is 10.1. The number of hydrogen-bond acceptors (Lipinski definition) is 7. The zero-order chi connectivity index (χ0) is 24.1. The first-order valence-corrected chi connectivity index (χ1v) is 12.7. The fourth-order valence-corrected chi connectivity index (χ4v) is 5.56. The Morgan fingerprint density at radius 3 is 2.32 bits per heavy atom. The van der Waals surface area contributed by atoms with Crippen LogP contribution in [0.4, 0.5) is 5.69 Å². The largest absolute Gasteiger partial charge is 0.469 e. The van der Waals surface area contributed by atoms with Crippen molar-refractivity contribution in [3.63, 3.8) is 0 Å². The Kier molecular flexibility index (Phi) is 7.44. The summed E-state index contributed by atoms with van der Waals surface area (Å²) >= 11 is 0. The highest BCUT2D eigenvalue weighted by Crippen LogP contribution is 2.35. The minimum atomic E-state index is -3.93. The Balaban J connectivity index is 1.67. The van der Waals surface area contributed by atoms with Crippen LogP contribution in [0.25, 0.3) is 0 Å². The molecule has 2 saturated heterocycles. The van der Waals surface area contributed by atoms with Crippen molar-refractivity contribution in [3.8, 4) is 5.75 Å². The van der Waals surface area contributed by atoms with Crippen LogP contribution in [0, 0.1) is 10.1 Å². The molecule has 2 heterocycles. The van der Waals surface area contributed by atoms with E-state index in [0.29, 0.717) is 18.7 Å². The summed E-state index contributed by atoms with van der Waals surface area (Å²) in [7, 11) is -3.93. The number of carbonyl (C=O) groups is 1. The summed E-state index contributed by atoms with van der Waals surface area (Å²) < 4.78 is 38.4. The molecule has 2 aliphatic heterocycles. The van der Waals surface area contributed by atoms with E-state index >= 15 is 0 Å². The Bertz CT molecular complexity index is 1130. The third-order valence-electron chi connectivity index (χ3n) is 5.97. The molecule has 1 atom stereocenters. The molecule has 1 amide bonds.